The van der Waals surface area contributed by atoms with Crippen molar-refractivity contribution in [2.75, 3.05) is 0 Å². The number of hydrogen-bond donors (Lipinski definition) is 0. The van der Waals surface area contributed by atoms with E-state index in [2.05, 4.69) is 9.97 Å². The van der Waals surface area contributed by atoms with Crippen molar-refractivity contribution in [1.82, 2.24) is 9.97 Å². The zero-order chi connectivity index (χ0) is 10.9. The standard InChI is InChI=1S/C7H6N2.C5H5N/c1-6-2-3-9-5-7(6)4-8;1-2-4-6-5-3-1/h2-3,5H,1H3;1-5H. The maximum atomic E-state index is 8.43. The van der Waals surface area contributed by atoms with E-state index in [1.54, 1.807) is 24.8 Å². The Labute approximate surface area is 89.1 Å². The van der Waals surface area contributed by atoms with Gasteiger partial charge in [0.25, 0.3) is 0 Å². The van der Waals surface area contributed by atoms with Gasteiger partial charge in [-0.05, 0) is 30.7 Å². The van der Waals surface area contributed by atoms with Crippen LogP contribution in [0.4, 0.5) is 0 Å². The fourth-order valence-corrected chi connectivity index (χ4v) is 0.894. The molecule has 2 heterocycles. The van der Waals surface area contributed by atoms with E-state index in [4.69, 9.17) is 5.26 Å². The molecular weight excluding hydrogens is 186 g/mol. The van der Waals surface area contributed by atoms with Crippen LogP contribution in [0.3, 0.4) is 0 Å². The summed E-state index contributed by atoms with van der Waals surface area (Å²) in [6.07, 6.45) is 6.74. The fourth-order valence-electron chi connectivity index (χ4n) is 0.894. The number of aromatic nitrogens is 2. The molecule has 0 aliphatic heterocycles. The van der Waals surface area contributed by atoms with Gasteiger partial charge < -0.3 is 0 Å². The van der Waals surface area contributed by atoms with Crippen LogP contribution in [0.25, 0.3) is 0 Å². The van der Waals surface area contributed by atoms with Gasteiger partial charge in [-0.25, -0.2) is 0 Å². The van der Waals surface area contributed by atoms with Gasteiger partial charge in [0.1, 0.15) is 6.07 Å². The first kappa shape index (κ1) is 10.9. The number of pyridine rings is 2. The third-order valence-electron chi connectivity index (χ3n) is 1.73. The summed E-state index contributed by atoms with van der Waals surface area (Å²) in [7, 11) is 0. The smallest absolute Gasteiger partial charge is 0.101 e. The van der Waals surface area contributed by atoms with Gasteiger partial charge in [-0.1, -0.05) is 6.07 Å². The minimum absolute atomic E-state index is 0.650. The lowest BCUT2D eigenvalue weighted by Gasteiger charge is -1.90. The van der Waals surface area contributed by atoms with Crippen LogP contribution in [0.5, 0.6) is 0 Å². The number of aryl methyl sites for hydroxylation is 1. The van der Waals surface area contributed by atoms with Crippen molar-refractivity contribution < 1.29 is 0 Å². The lowest BCUT2D eigenvalue weighted by atomic mass is 10.2. The Morgan fingerprint density at radius 2 is 1.80 bits per heavy atom. The van der Waals surface area contributed by atoms with Crippen molar-refractivity contribution in [3.05, 3.63) is 60.2 Å². The molecule has 3 nitrogen and oxygen atoms in total. The second-order valence-electron chi connectivity index (χ2n) is 2.83. The van der Waals surface area contributed by atoms with E-state index < -0.39 is 0 Å². The van der Waals surface area contributed by atoms with E-state index in [1.807, 2.05) is 37.3 Å². The molecule has 0 aliphatic carbocycles. The van der Waals surface area contributed by atoms with Gasteiger partial charge in [-0.15, -0.1) is 0 Å². The van der Waals surface area contributed by atoms with Gasteiger partial charge >= 0.3 is 0 Å². The first-order valence-electron chi connectivity index (χ1n) is 4.50. The number of rotatable bonds is 0. The minimum Gasteiger partial charge on any atom is -0.265 e. The van der Waals surface area contributed by atoms with Crippen LogP contribution in [-0.2, 0) is 0 Å². The first-order valence-corrected chi connectivity index (χ1v) is 4.50. The maximum absolute atomic E-state index is 8.43. The summed E-state index contributed by atoms with van der Waals surface area (Å²) in [5, 5.41) is 8.43. The van der Waals surface area contributed by atoms with Gasteiger partial charge in [0.05, 0.1) is 5.56 Å². The van der Waals surface area contributed by atoms with Crippen molar-refractivity contribution in [2.45, 2.75) is 6.92 Å². The zero-order valence-electron chi connectivity index (χ0n) is 8.46. The van der Waals surface area contributed by atoms with Crippen molar-refractivity contribution >= 4 is 0 Å². The predicted octanol–water partition coefficient (Wildman–Crippen LogP) is 2.34. The van der Waals surface area contributed by atoms with Gasteiger partial charge in [-0.3, -0.25) is 9.97 Å². The Hall–Kier alpha value is -2.21. The second-order valence-corrected chi connectivity index (χ2v) is 2.83. The van der Waals surface area contributed by atoms with Crippen LogP contribution in [0.2, 0.25) is 0 Å². The Kier molecular flexibility index (Phi) is 4.55. The maximum Gasteiger partial charge on any atom is 0.101 e. The molecule has 0 fully saturated rings. The molecule has 0 radical (unpaired) electrons. The van der Waals surface area contributed by atoms with E-state index in [9.17, 15) is 0 Å². The zero-order valence-corrected chi connectivity index (χ0v) is 8.46. The molecule has 0 saturated carbocycles. The molecule has 0 unspecified atom stereocenters. The minimum atomic E-state index is 0.650. The Morgan fingerprint density at radius 1 is 1.07 bits per heavy atom. The topological polar surface area (TPSA) is 49.6 Å². The lowest BCUT2D eigenvalue weighted by Crippen LogP contribution is -1.81. The average Bonchev–Trinajstić information content (AvgIpc) is 2.33. The summed E-state index contributed by atoms with van der Waals surface area (Å²) in [4.78, 5) is 7.58. The highest BCUT2D eigenvalue weighted by Gasteiger charge is 1.91. The Balaban J connectivity index is 0.000000162. The van der Waals surface area contributed by atoms with Crippen LogP contribution >= 0.6 is 0 Å². The highest BCUT2D eigenvalue weighted by Crippen LogP contribution is 2.00. The fraction of sp³-hybridized carbons (Fsp3) is 0.0833. The summed E-state index contributed by atoms with van der Waals surface area (Å²) in [5.41, 5.74) is 1.63. The monoisotopic (exact) mass is 197 g/mol. The molecule has 2 aromatic rings. The Bertz CT molecular complexity index is 405. The molecule has 2 rings (SSSR count). The van der Waals surface area contributed by atoms with Gasteiger partial charge in [0.2, 0.25) is 0 Å². The third-order valence-corrected chi connectivity index (χ3v) is 1.73. The van der Waals surface area contributed by atoms with Crippen LogP contribution in [0, 0.1) is 18.3 Å². The van der Waals surface area contributed by atoms with E-state index in [1.165, 1.54) is 0 Å². The van der Waals surface area contributed by atoms with Crippen molar-refractivity contribution in [3.8, 4) is 6.07 Å². The molecule has 0 amide bonds. The van der Waals surface area contributed by atoms with Crippen LogP contribution in [0.1, 0.15) is 11.1 Å². The molecule has 0 aromatic carbocycles. The highest BCUT2D eigenvalue weighted by atomic mass is 14.6. The van der Waals surface area contributed by atoms with Gasteiger partial charge in [0, 0.05) is 24.8 Å². The van der Waals surface area contributed by atoms with Crippen molar-refractivity contribution in [3.63, 3.8) is 0 Å². The van der Waals surface area contributed by atoms with Crippen molar-refractivity contribution in [1.29, 1.82) is 5.26 Å². The van der Waals surface area contributed by atoms with Crippen LogP contribution < -0.4 is 0 Å². The third kappa shape index (κ3) is 4.01. The molecule has 0 atom stereocenters. The van der Waals surface area contributed by atoms with Crippen molar-refractivity contribution in [2.24, 2.45) is 0 Å². The molecule has 74 valence electrons. The number of nitriles is 1. The van der Waals surface area contributed by atoms with Crippen LogP contribution in [-0.4, -0.2) is 9.97 Å². The van der Waals surface area contributed by atoms with E-state index in [0.717, 1.165) is 5.56 Å². The van der Waals surface area contributed by atoms with Crippen LogP contribution in [0.15, 0.2) is 49.1 Å². The molecule has 3 heteroatoms. The molecule has 2 aromatic heterocycles. The lowest BCUT2D eigenvalue weighted by molar-refractivity contribution is 1.25. The summed E-state index contributed by atoms with van der Waals surface area (Å²) in [5.74, 6) is 0. The molecule has 15 heavy (non-hydrogen) atoms. The van der Waals surface area contributed by atoms with Gasteiger partial charge in [-0.2, -0.15) is 5.26 Å². The summed E-state index contributed by atoms with van der Waals surface area (Å²) in [6, 6.07) is 9.57. The van der Waals surface area contributed by atoms with E-state index >= 15 is 0 Å². The average molecular weight is 197 g/mol. The summed E-state index contributed by atoms with van der Waals surface area (Å²) in [6.45, 7) is 1.89. The Morgan fingerprint density at radius 3 is 2.13 bits per heavy atom. The predicted molar refractivity (Wildman–Crippen MR) is 57.9 cm³/mol. The molecule has 0 saturated heterocycles. The molecular formula is C12H11N3. The van der Waals surface area contributed by atoms with E-state index in [0.29, 0.717) is 5.56 Å². The van der Waals surface area contributed by atoms with Gasteiger partial charge in [0.15, 0.2) is 0 Å². The summed E-state index contributed by atoms with van der Waals surface area (Å²) < 4.78 is 0. The molecule has 0 spiro atoms. The first-order chi connectivity index (χ1) is 7.34. The SMILES string of the molecule is Cc1ccncc1C#N.c1ccncc1. The number of hydrogen-bond acceptors (Lipinski definition) is 3. The largest absolute Gasteiger partial charge is 0.265 e. The molecule has 0 aliphatic rings. The quantitative estimate of drug-likeness (QED) is 0.651. The summed E-state index contributed by atoms with van der Waals surface area (Å²) >= 11 is 0. The molecule has 0 bridgehead atoms. The normalized spacial score (nSPS) is 8.27. The highest BCUT2D eigenvalue weighted by molar-refractivity contribution is 5.32. The second kappa shape index (κ2) is 6.28. The molecule has 0 N–H and O–H groups in total. The van der Waals surface area contributed by atoms with E-state index in [-0.39, 0.29) is 0 Å². The number of nitrogens with zero attached hydrogens (tertiary/aromatic N) is 3.